The van der Waals surface area contributed by atoms with Crippen LogP contribution in [0, 0.1) is 31.4 Å². The van der Waals surface area contributed by atoms with Crippen molar-refractivity contribution < 1.29 is 33.0 Å². The van der Waals surface area contributed by atoms with Gasteiger partial charge in [0.15, 0.2) is 11.6 Å². The van der Waals surface area contributed by atoms with Crippen LogP contribution < -0.4 is 14.8 Å². The number of amides is 1. The molecule has 4 aromatic carbocycles. The van der Waals surface area contributed by atoms with Crippen molar-refractivity contribution in [2.45, 2.75) is 109 Å². The molecule has 0 unspecified atom stereocenters. The van der Waals surface area contributed by atoms with Gasteiger partial charge in [0.05, 0.1) is 12.6 Å². The molecule has 3 heterocycles. The number of nitrogens with one attached hydrogen (secondary N) is 1. The van der Waals surface area contributed by atoms with Crippen molar-refractivity contribution in [3.8, 4) is 22.6 Å². The number of carboxylic acid groups (broad SMARTS) is 1. The Kier molecular flexibility index (Phi) is 12.8. The number of ether oxygens (including phenoxy) is 2. The third-order valence-corrected chi connectivity index (χ3v) is 13.2. The highest BCUT2D eigenvalue weighted by molar-refractivity contribution is 5.87. The molecule has 1 aliphatic carbocycles. The van der Waals surface area contributed by atoms with Crippen molar-refractivity contribution in [2.24, 2.45) is 5.92 Å². The third-order valence-electron chi connectivity index (χ3n) is 13.2. The number of rotatable bonds is 13. The molecule has 2 aliphatic heterocycles. The maximum Gasteiger partial charge on any atom is 0.326 e. The Labute approximate surface area is 357 Å². The smallest absolute Gasteiger partial charge is 0.326 e. The highest BCUT2D eigenvalue weighted by Crippen LogP contribution is 2.39. The molecule has 1 amide bonds. The molecule has 5 aromatic rings. The van der Waals surface area contributed by atoms with Gasteiger partial charge in [0.2, 0.25) is 5.91 Å². The van der Waals surface area contributed by atoms with Crippen LogP contribution in [-0.4, -0.2) is 52.1 Å². The van der Waals surface area contributed by atoms with E-state index in [1.54, 1.807) is 12.3 Å². The summed E-state index contributed by atoms with van der Waals surface area (Å²) < 4.78 is 40.1. The predicted octanol–water partition coefficient (Wildman–Crippen LogP) is 10.0. The van der Waals surface area contributed by atoms with Gasteiger partial charge in [-0.3, -0.25) is 14.7 Å². The van der Waals surface area contributed by atoms with Gasteiger partial charge in [-0.2, -0.15) is 0 Å². The zero-order valence-electron chi connectivity index (χ0n) is 35.3. The molecule has 1 saturated carbocycles. The first kappa shape index (κ1) is 42.1. The first-order valence-corrected chi connectivity index (χ1v) is 21.8. The Morgan fingerprint density at radius 3 is 2.39 bits per heavy atom. The van der Waals surface area contributed by atoms with Crippen LogP contribution in [0.25, 0.3) is 11.1 Å². The number of pyridine rings is 1. The average molecular weight is 828 g/mol. The summed E-state index contributed by atoms with van der Waals surface area (Å²) in [5.41, 5.74) is 10.2. The van der Waals surface area contributed by atoms with Crippen molar-refractivity contribution in [1.29, 1.82) is 0 Å². The second-order valence-corrected chi connectivity index (χ2v) is 17.2. The van der Waals surface area contributed by atoms with Crippen LogP contribution in [0.5, 0.6) is 11.5 Å². The lowest BCUT2D eigenvalue weighted by molar-refractivity contribution is -0.142. The topological polar surface area (TPSA) is 101 Å². The lowest BCUT2D eigenvalue weighted by atomic mass is 9.86. The average Bonchev–Trinajstić information content (AvgIpc) is 3.69. The largest absolute Gasteiger partial charge is 0.493 e. The normalized spacial score (nSPS) is 18.9. The van der Waals surface area contributed by atoms with E-state index in [2.05, 4.69) is 39.5 Å². The Bertz CT molecular complexity index is 2360. The Balaban J connectivity index is 0.966. The first-order chi connectivity index (χ1) is 29.5. The number of aliphatic carboxylic acids is 1. The zero-order chi connectivity index (χ0) is 42.6. The molecular formula is C51H55F2N3O5. The quantitative estimate of drug-likeness (QED) is 0.122. The van der Waals surface area contributed by atoms with Crippen molar-refractivity contribution in [3.63, 3.8) is 0 Å². The van der Waals surface area contributed by atoms with Gasteiger partial charge in [0.1, 0.15) is 23.6 Å². The maximum atomic E-state index is 14.3. The second kappa shape index (κ2) is 18.6. The zero-order valence-corrected chi connectivity index (χ0v) is 35.3. The van der Waals surface area contributed by atoms with Gasteiger partial charge < -0.3 is 19.9 Å². The van der Waals surface area contributed by atoms with E-state index in [1.807, 2.05) is 63.2 Å². The minimum absolute atomic E-state index is 0.177. The molecule has 10 heteroatoms. The van der Waals surface area contributed by atoms with E-state index >= 15 is 0 Å². The van der Waals surface area contributed by atoms with E-state index < -0.39 is 35.8 Å². The fourth-order valence-corrected chi connectivity index (χ4v) is 9.51. The summed E-state index contributed by atoms with van der Waals surface area (Å²) in [6, 6.07) is 24.6. The summed E-state index contributed by atoms with van der Waals surface area (Å²) in [7, 11) is 0. The molecule has 0 radical (unpaired) electrons. The Hall–Kier alpha value is -5.61. The van der Waals surface area contributed by atoms with Crippen molar-refractivity contribution in [3.05, 3.63) is 147 Å². The van der Waals surface area contributed by atoms with E-state index in [0.717, 1.165) is 83.1 Å². The van der Waals surface area contributed by atoms with Gasteiger partial charge in [0.25, 0.3) is 0 Å². The summed E-state index contributed by atoms with van der Waals surface area (Å²) in [6.45, 7) is 7.94. The van der Waals surface area contributed by atoms with Gasteiger partial charge in [0, 0.05) is 31.4 Å². The molecular weight excluding hydrogens is 773 g/mol. The fourth-order valence-electron chi connectivity index (χ4n) is 9.51. The molecule has 8 nitrogen and oxygen atoms in total. The minimum atomic E-state index is -1.07. The number of nitrogens with zero attached hydrogens (tertiary/aromatic N) is 2. The third kappa shape index (κ3) is 9.65. The van der Waals surface area contributed by atoms with Gasteiger partial charge in [-0.05, 0) is 151 Å². The number of carboxylic acids is 1. The molecule has 8 rings (SSSR count). The SMILES string of the molecule is CC[C@@H](Oc1ccc([C@@H]2CCOc3cc4c(cc3C2)CN(CC2CCCC2)[C@H](C(=O)N[C@@H](Cc2ccc(-c3ccnc(C)c3C)cc2)C(=O)O)C4)cc1)c1ccc(F)c(F)c1. The number of fused-ring (bicyclic) bond motifs is 2. The van der Waals surface area contributed by atoms with E-state index in [0.29, 0.717) is 43.2 Å². The van der Waals surface area contributed by atoms with Crippen LogP contribution in [0.3, 0.4) is 0 Å². The summed E-state index contributed by atoms with van der Waals surface area (Å²) in [5.74, 6) is -0.854. The van der Waals surface area contributed by atoms with Crippen LogP contribution in [0.15, 0.2) is 91.1 Å². The van der Waals surface area contributed by atoms with Gasteiger partial charge in [-0.1, -0.05) is 68.3 Å². The molecule has 4 atom stereocenters. The lowest BCUT2D eigenvalue weighted by Gasteiger charge is -2.38. The fraction of sp³-hybridized carbons (Fsp3) is 0.392. The van der Waals surface area contributed by atoms with Crippen LogP contribution >= 0.6 is 0 Å². The predicted molar refractivity (Wildman–Crippen MR) is 232 cm³/mol. The van der Waals surface area contributed by atoms with E-state index in [-0.39, 0.29) is 18.2 Å². The van der Waals surface area contributed by atoms with Crippen molar-refractivity contribution >= 4 is 11.9 Å². The van der Waals surface area contributed by atoms with Gasteiger partial charge >= 0.3 is 5.97 Å². The van der Waals surface area contributed by atoms with Crippen molar-refractivity contribution in [1.82, 2.24) is 15.2 Å². The maximum absolute atomic E-state index is 14.3. The number of aromatic nitrogens is 1. The monoisotopic (exact) mass is 827 g/mol. The lowest BCUT2D eigenvalue weighted by Crippen LogP contribution is -2.55. The summed E-state index contributed by atoms with van der Waals surface area (Å²) in [4.78, 5) is 33.6. The number of aryl methyl sites for hydroxylation is 1. The van der Waals surface area contributed by atoms with Crippen LogP contribution in [-0.2, 0) is 35.4 Å². The van der Waals surface area contributed by atoms with Gasteiger partial charge in [-0.15, -0.1) is 0 Å². The number of carbonyl (C=O) groups is 2. The van der Waals surface area contributed by atoms with E-state index in [4.69, 9.17) is 9.47 Å². The summed E-state index contributed by atoms with van der Waals surface area (Å²) >= 11 is 0. The summed E-state index contributed by atoms with van der Waals surface area (Å²) in [5, 5.41) is 13.3. The van der Waals surface area contributed by atoms with E-state index in [9.17, 15) is 23.5 Å². The van der Waals surface area contributed by atoms with Crippen LogP contribution in [0.4, 0.5) is 8.78 Å². The molecule has 3 aliphatic rings. The molecule has 2 N–H and O–H groups in total. The molecule has 1 aromatic heterocycles. The molecule has 318 valence electrons. The minimum Gasteiger partial charge on any atom is -0.493 e. The molecule has 61 heavy (non-hydrogen) atoms. The molecule has 1 fully saturated rings. The number of hydrogen-bond acceptors (Lipinski definition) is 6. The number of benzene rings is 4. The number of carbonyl (C=O) groups excluding carboxylic acids is 1. The highest BCUT2D eigenvalue weighted by atomic mass is 19.2. The van der Waals surface area contributed by atoms with Gasteiger partial charge in [-0.25, -0.2) is 13.6 Å². The summed E-state index contributed by atoms with van der Waals surface area (Å²) in [6.07, 6.45) is 8.93. The first-order valence-electron chi connectivity index (χ1n) is 21.8. The Morgan fingerprint density at radius 2 is 1.67 bits per heavy atom. The highest BCUT2D eigenvalue weighted by Gasteiger charge is 2.36. The standard InChI is InChI=1S/C51H55F2N3O5/c1-4-48(38-15-18-44(52)45(53)26-38)61-42-16-13-35(14-17-42)37-20-22-60-49-28-39-27-47(56(29-34-7-5-6-8-34)30-41(39)25-40(49)24-37)50(57)55-46(51(58)59)23-33-9-11-36(12-10-33)43-19-21-54-32(3)31(43)2/h9-19,21,25-26,28,34,37,46-48H,4-8,20,22-24,27,29-30H2,1-3H3,(H,55,57)(H,58,59)/t37-,46+,47+,48-/m1/s1. The van der Waals surface area contributed by atoms with Crippen LogP contribution in [0.2, 0.25) is 0 Å². The molecule has 0 spiro atoms. The molecule has 0 bridgehead atoms. The number of halogens is 2. The molecule has 0 saturated heterocycles. The second-order valence-electron chi connectivity index (χ2n) is 17.2. The Morgan fingerprint density at radius 1 is 0.902 bits per heavy atom. The van der Waals surface area contributed by atoms with E-state index in [1.165, 1.54) is 30.0 Å². The number of hydrogen-bond donors (Lipinski definition) is 2. The van der Waals surface area contributed by atoms with Crippen LogP contribution in [0.1, 0.15) is 102 Å². The van der Waals surface area contributed by atoms with Crippen molar-refractivity contribution in [2.75, 3.05) is 13.2 Å².